The number of hydrogen-bond acceptors (Lipinski definition) is 5. The van der Waals surface area contributed by atoms with Gasteiger partial charge in [-0.15, -0.1) is 0 Å². The van der Waals surface area contributed by atoms with Gasteiger partial charge >= 0.3 is 0 Å². The number of hydrogen-bond donors (Lipinski definition) is 1. The molecule has 0 saturated heterocycles. The second-order valence-corrected chi connectivity index (χ2v) is 7.32. The van der Waals surface area contributed by atoms with Gasteiger partial charge in [0, 0.05) is 17.0 Å². The monoisotopic (exact) mass is 430 g/mol. The Morgan fingerprint density at radius 3 is 2.46 bits per heavy atom. The van der Waals surface area contributed by atoms with Crippen LogP contribution >= 0.6 is 27.3 Å². The molecule has 0 spiro atoms. The van der Waals surface area contributed by atoms with Crippen LogP contribution in [0.1, 0.15) is 16.6 Å². The zero-order valence-electron chi connectivity index (χ0n) is 13.9. The van der Waals surface area contributed by atoms with Crippen LogP contribution in [-0.2, 0) is 4.79 Å². The van der Waals surface area contributed by atoms with Crippen LogP contribution in [0.25, 0.3) is 11.3 Å². The molecule has 0 atom stereocenters. The van der Waals surface area contributed by atoms with Crippen molar-refractivity contribution in [3.63, 3.8) is 0 Å². The first-order valence-electron chi connectivity index (χ1n) is 7.78. The number of anilines is 1. The number of halogens is 1. The summed E-state index contributed by atoms with van der Waals surface area (Å²) in [6.07, 6.45) is 0. The lowest BCUT2D eigenvalue weighted by Gasteiger charge is -2.05. The van der Waals surface area contributed by atoms with E-state index < -0.39 is 0 Å². The van der Waals surface area contributed by atoms with E-state index in [0.717, 1.165) is 21.4 Å². The Morgan fingerprint density at radius 1 is 1.12 bits per heavy atom. The molecule has 3 rings (SSSR count). The molecule has 0 bridgehead atoms. The lowest BCUT2D eigenvalue weighted by molar-refractivity contribution is -0.118. The Labute approximate surface area is 163 Å². The average molecular weight is 431 g/mol. The maximum absolute atomic E-state index is 12.1. The van der Waals surface area contributed by atoms with Crippen molar-refractivity contribution in [2.75, 3.05) is 11.9 Å². The predicted octanol–water partition coefficient (Wildman–Crippen LogP) is 4.79. The fourth-order valence-electron chi connectivity index (χ4n) is 2.24. The second-order valence-electron chi connectivity index (χ2n) is 5.41. The summed E-state index contributed by atoms with van der Waals surface area (Å²) in [4.78, 5) is 28.9. The molecule has 0 saturated carbocycles. The molecule has 0 unspecified atom stereocenters. The van der Waals surface area contributed by atoms with Crippen LogP contribution < -0.4 is 10.1 Å². The Kier molecular flexibility index (Phi) is 5.80. The van der Waals surface area contributed by atoms with Crippen molar-refractivity contribution in [3.8, 4) is 17.0 Å². The first-order valence-corrected chi connectivity index (χ1v) is 9.39. The molecule has 0 aliphatic rings. The van der Waals surface area contributed by atoms with E-state index in [1.54, 1.807) is 12.1 Å². The van der Waals surface area contributed by atoms with Crippen molar-refractivity contribution >= 4 is 44.1 Å². The maximum atomic E-state index is 12.1. The predicted molar refractivity (Wildman–Crippen MR) is 106 cm³/mol. The van der Waals surface area contributed by atoms with E-state index in [0.29, 0.717) is 21.5 Å². The van der Waals surface area contributed by atoms with E-state index in [9.17, 15) is 9.59 Å². The zero-order chi connectivity index (χ0) is 18.5. The van der Waals surface area contributed by atoms with Gasteiger partial charge in [-0.25, -0.2) is 4.98 Å². The van der Waals surface area contributed by atoms with Gasteiger partial charge in [-0.2, -0.15) is 0 Å². The quantitative estimate of drug-likeness (QED) is 0.570. The number of ether oxygens (including phenoxy) is 1. The second kappa shape index (κ2) is 8.25. The Hall–Kier alpha value is -2.51. The van der Waals surface area contributed by atoms with Gasteiger partial charge in [-0.3, -0.25) is 14.9 Å². The molecule has 7 heteroatoms. The minimum absolute atomic E-state index is 0.0898. The van der Waals surface area contributed by atoms with Crippen molar-refractivity contribution < 1.29 is 14.3 Å². The number of aromatic nitrogens is 1. The van der Waals surface area contributed by atoms with E-state index in [2.05, 4.69) is 26.2 Å². The lowest BCUT2D eigenvalue weighted by atomic mass is 10.1. The molecule has 1 amide bonds. The minimum atomic E-state index is -0.337. The van der Waals surface area contributed by atoms with Crippen LogP contribution in [0.5, 0.6) is 5.75 Å². The molecule has 0 radical (unpaired) electrons. The Bertz CT molecular complexity index is 924. The molecule has 26 heavy (non-hydrogen) atoms. The van der Waals surface area contributed by atoms with Gasteiger partial charge in [0.25, 0.3) is 5.91 Å². The largest absolute Gasteiger partial charge is 0.484 e. The smallest absolute Gasteiger partial charge is 0.264 e. The highest BCUT2D eigenvalue weighted by molar-refractivity contribution is 9.10. The van der Waals surface area contributed by atoms with Crippen LogP contribution in [0, 0.1) is 0 Å². The van der Waals surface area contributed by atoms with Gasteiger partial charge in [0.15, 0.2) is 17.5 Å². The van der Waals surface area contributed by atoms with Crippen molar-refractivity contribution in [2.24, 2.45) is 0 Å². The number of nitrogens with one attached hydrogen (secondary N) is 1. The lowest BCUT2D eigenvalue weighted by Crippen LogP contribution is -2.20. The van der Waals surface area contributed by atoms with Crippen LogP contribution in [0.4, 0.5) is 5.13 Å². The number of nitrogens with zero attached hydrogens (tertiary/aromatic N) is 1. The van der Waals surface area contributed by atoms with Crippen molar-refractivity contribution in [2.45, 2.75) is 6.92 Å². The number of amides is 1. The number of rotatable bonds is 6. The molecule has 2 aromatic carbocycles. The third-order valence-corrected chi connectivity index (χ3v) is 5.02. The maximum Gasteiger partial charge on any atom is 0.264 e. The summed E-state index contributed by atoms with van der Waals surface area (Å²) >= 11 is 4.50. The summed E-state index contributed by atoms with van der Waals surface area (Å²) in [5, 5.41) is 3.06. The van der Waals surface area contributed by atoms with Gasteiger partial charge in [0.2, 0.25) is 0 Å². The third-order valence-electron chi connectivity index (χ3n) is 3.42. The Balaban J connectivity index is 1.70. The number of ketones is 1. The number of carbonyl (C=O) groups is 2. The number of thiazole rings is 1. The Morgan fingerprint density at radius 2 is 1.81 bits per heavy atom. The number of carbonyl (C=O) groups excluding carboxylic acids is 2. The van der Waals surface area contributed by atoms with Gasteiger partial charge in [-0.05, 0) is 24.3 Å². The van der Waals surface area contributed by atoms with Crippen LogP contribution in [0.15, 0.2) is 59.1 Å². The molecule has 5 nitrogen and oxygen atoms in total. The fourth-order valence-corrected chi connectivity index (χ4v) is 3.40. The summed E-state index contributed by atoms with van der Waals surface area (Å²) in [5.41, 5.74) is 1.41. The molecular formula is C19H15BrN2O3S. The van der Waals surface area contributed by atoms with Crippen molar-refractivity contribution in [1.29, 1.82) is 0 Å². The molecule has 0 aliphatic carbocycles. The third kappa shape index (κ3) is 4.56. The van der Waals surface area contributed by atoms with E-state index in [1.807, 2.05) is 42.5 Å². The highest BCUT2D eigenvalue weighted by Crippen LogP contribution is 2.31. The molecule has 132 valence electrons. The van der Waals surface area contributed by atoms with Crippen LogP contribution in [0.3, 0.4) is 0 Å². The summed E-state index contributed by atoms with van der Waals surface area (Å²) in [6.45, 7) is 1.35. The van der Waals surface area contributed by atoms with Crippen LogP contribution in [0.2, 0.25) is 0 Å². The topological polar surface area (TPSA) is 68.3 Å². The number of benzene rings is 2. The van der Waals surface area contributed by atoms with Gasteiger partial charge in [0.1, 0.15) is 5.75 Å². The van der Waals surface area contributed by atoms with E-state index in [-0.39, 0.29) is 18.3 Å². The van der Waals surface area contributed by atoms with Gasteiger partial charge in [-0.1, -0.05) is 57.6 Å². The summed E-state index contributed by atoms with van der Waals surface area (Å²) in [6, 6.07) is 16.6. The number of Topliss-reactive ketones (excluding diaryl/α,β-unsaturated/α-hetero) is 1. The van der Waals surface area contributed by atoms with Gasteiger partial charge in [0.05, 0.1) is 10.6 Å². The van der Waals surface area contributed by atoms with Crippen LogP contribution in [-0.4, -0.2) is 23.3 Å². The molecule has 3 aromatic rings. The molecule has 1 aromatic heterocycles. The first kappa shape index (κ1) is 18.3. The summed E-state index contributed by atoms with van der Waals surface area (Å²) < 4.78 is 6.37. The van der Waals surface area contributed by atoms with Gasteiger partial charge < -0.3 is 4.74 Å². The standard InChI is InChI=1S/C19H15BrN2O3S/c1-12(23)18-17(13-5-3-2-4-6-13)22-19(26-18)21-16(24)11-25-15-9-7-14(20)8-10-15/h2-10H,11H2,1H3,(H,21,22,24). The van der Waals surface area contributed by atoms with E-state index in [1.165, 1.54) is 6.92 Å². The van der Waals surface area contributed by atoms with Crippen molar-refractivity contribution in [1.82, 2.24) is 4.98 Å². The zero-order valence-corrected chi connectivity index (χ0v) is 16.3. The molecule has 1 heterocycles. The summed E-state index contributed by atoms with van der Waals surface area (Å²) in [7, 11) is 0. The van der Waals surface area contributed by atoms with Crippen molar-refractivity contribution in [3.05, 3.63) is 63.9 Å². The minimum Gasteiger partial charge on any atom is -0.484 e. The van der Waals surface area contributed by atoms with E-state index >= 15 is 0 Å². The summed E-state index contributed by atoms with van der Waals surface area (Å²) in [5.74, 6) is 0.168. The normalized spacial score (nSPS) is 10.4. The molecular weight excluding hydrogens is 416 g/mol. The molecule has 1 N–H and O–H groups in total. The SMILES string of the molecule is CC(=O)c1sc(NC(=O)COc2ccc(Br)cc2)nc1-c1ccccc1. The molecule has 0 fully saturated rings. The highest BCUT2D eigenvalue weighted by Gasteiger charge is 2.17. The average Bonchev–Trinajstić information content (AvgIpc) is 3.06. The highest BCUT2D eigenvalue weighted by atomic mass is 79.9. The molecule has 0 aliphatic heterocycles. The first-order chi connectivity index (χ1) is 12.5. The fraction of sp³-hybridized carbons (Fsp3) is 0.105. The van der Waals surface area contributed by atoms with E-state index in [4.69, 9.17) is 4.74 Å².